The second-order valence-corrected chi connectivity index (χ2v) is 6.09. The zero-order valence-electron chi connectivity index (χ0n) is 10.3. The Labute approximate surface area is 122 Å². The van der Waals surface area contributed by atoms with Gasteiger partial charge in [0.25, 0.3) is 0 Å². The van der Waals surface area contributed by atoms with Crippen molar-refractivity contribution < 1.29 is 5.11 Å². The molecule has 1 aliphatic rings. The average Bonchev–Trinajstić information content (AvgIpc) is 2.31. The van der Waals surface area contributed by atoms with Crippen LogP contribution in [0.25, 0.3) is 0 Å². The zero-order chi connectivity index (χ0) is 13.0. The molecular weight excluding hydrogens is 312 g/mol. The van der Waals surface area contributed by atoms with Crippen molar-refractivity contribution in [2.45, 2.75) is 44.6 Å². The van der Waals surface area contributed by atoms with Crippen molar-refractivity contribution in [3.63, 3.8) is 0 Å². The molecule has 1 aromatic carbocycles. The normalized spacial score (nSPS) is 21.6. The summed E-state index contributed by atoms with van der Waals surface area (Å²) in [6.07, 6.45) is 8.70. The third-order valence-corrected chi connectivity index (χ3v) is 4.39. The second-order valence-electron chi connectivity index (χ2n) is 4.80. The molecule has 0 aromatic heterocycles. The summed E-state index contributed by atoms with van der Waals surface area (Å²) < 4.78 is 0.919. The van der Waals surface area contributed by atoms with E-state index < -0.39 is 6.10 Å². The molecule has 1 aromatic rings. The fourth-order valence-electron chi connectivity index (χ4n) is 2.39. The highest BCUT2D eigenvalue weighted by molar-refractivity contribution is 9.10. The van der Waals surface area contributed by atoms with Crippen LogP contribution in [0.5, 0.6) is 0 Å². The van der Waals surface area contributed by atoms with Gasteiger partial charge in [0.15, 0.2) is 0 Å². The van der Waals surface area contributed by atoms with Gasteiger partial charge in [0.2, 0.25) is 0 Å². The Bertz CT molecular complexity index is 442. The lowest BCUT2D eigenvalue weighted by Crippen LogP contribution is -2.04. The van der Waals surface area contributed by atoms with Crippen molar-refractivity contribution in [3.05, 3.63) is 44.9 Å². The molecule has 1 N–H and O–H groups in total. The molecule has 0 heterocycles. The summed E-state index contributed by atoms with van der Waals surface area (Å²) in [7, 11) is 0. The molecule has 0 saturated heterocycles. The summed E-state index contributed by atoms with van der Waals surface area (Å²) in [6.45, 7) is 0. The molecule has 0 bridgehead atoms. The lowest BCUT2D eigenvalue weighted by atomic mass is 9.93. The maximum atomic E-state index is 10.5. The van der Waals surface area contributed by atoms with E-state index >= 15 is 0 Å². The van der Waals surface area contributed by atoms with Crippen LogP contribution >= 0.6 is 27.5 Å². The number of halogens is 2. The van der Waals surface area contributed by atoms with Crippen LogP contribution in [0.2, 0.25) is 5.02 Å². The number of hydrogen-bond donors (Lipinski definition) is 1. The third-order valence-electron chi connectivity index (χ3n) is 3.43. The first-order valence-corrected chi connectivity index (χ1v) is 7.67. The monoisotopic (exact) mass is 328 g/mol. The molecule has 0 spiro atoms. The highest BCUT2D eigenvalue weighted by atomic mass is 79.9. The molecule has 1 atom stereocenters. The molecule has 1 aliphatic carbocycles. The largest absolute Gasteiger partial charge is 0.384 e. The van der Waals surface area contributed by atoms with Gasteiger partial charge >= 0.3 is 0 Å². The van der Waals surface area contributed by atoms with Crippen LogP contribution in [-0.4, -0.2) is 5.11 Å². The summed E-state index contributed by atoms with van der Waals surface area (Å²) >= 11 is 9.49. The van der Waals surface area contributed by atoms with E-state index in [0.717, 1.165) is 28.5 Å². The highest BCUT2D eigenvalue weighted by Crippen LogP contribution is 2.34. The fraction of sp³-hybridized carbons (Fsp3) is 0.467. The van der Waals surface area contributed by atoms with Gasteiger partial charge in [-0.15, -0.1) is 0 Å². The predicted molar refractivity (Wildman–Crippen MR) is 79.9 cm³/mol. The zero-order valence-corrected chi connectivity index (χ0v) is 12.7. The van der Waals surface area contributed by atoms with Crippen molar-refractivity contribution in [2.75, 3.05) is 0 Å². The summed E-state index contributed by atoms with van der Waals surface area (Å²) in [5.41, 5.74) is 2.01. The van der Waals surface area contributed by atoms with E-state index in [2.05, 4.69) is 22.0 Å². The van der Waals surface area contributed by atoms with Gasteiger partial charge in [-0.05, 0) is 49.5 Å². The second kappa shape index (κ2) is 6.74. The molecule has 1 nitrogen and oxygen atoms in total. The van der Waals surface area contributed by atoms with Crippen LogP contribution < -0.4 is 0 Å². The topological polar surface area (TPSA) is 20.2 Å². The van der Waals surface area contributed by atoms with Crippen LogP contribution in [0, 0.1) is 0 Å². The summed E-state index contributed by atoms with van der Waals surface area (Å²) in [5.74, 6) is 0. The van der Waals surface area contributed by atoms with Gasteiger partial charge in [0.1, 0.15) is 6.10 Å². The van der Waals surface area contributed by atoms with Gasteiger partial charge in [0.05, 0.1) is 0 Å². The molecule has 1 unspecified atom stereocenters. The van der Waals surface area contributed by atoms with Gasteiger partial charge in [0, 0.05) is 15.1 Å². The summed E-state index contributed by atoms with van der Waals surface area (Å²) in [6, 6.07) is 5.56. The third kappa shape index (κ3) is 3.59. The minimum atomic E-state index is -0.531. The summed E-state index contributed by atoms with van der Waals surface area (Å²) in [5, 5.41) is 11.2. The molecule has 0 fully saturated rings. The number of allylic oxidation sites excluding steroid dienone is 1. The first-order chi connectivity index (χ1) is 8.68. The lowest BCUT2D eigenvalue weighted by molar-refractivity contribution is 0.208. The number of benzene rings is 1. The number of aliphatic hydroxyl groups excluding tert-OH is 1. The molecule has 2 rings (SSSR count). The van der Waals surface area contributed by atoms with Gasteiger partial charge < -0.3 is 5.11 Å². The van der Waals surface area contributed by atoms with E-state index in [0.29, 0.717) is 5.02 Å². The molecule has 0 amide bonds. The fourth-order valence-corrected chi connectivity index (χ4v) is 3.03. The van der Waals surface area contributed by atoms with Gasteiger partial charge in [-0.25, -0.2) is 0 Å². The Balaban J connectivity index is 2.23. The van der Waals surface area contributed by atoms with Crippen molar-refractivity contribution in [1.82, 2.24) is 0 Å². The van der Waals surface area contributed by atoms with Crippen LogP contribution in [0.3, 0.4) is 0 Å². The van der Waals surface area contributed by atoms with Crippen LogP contribution in [0.15, 0.2) is 34.3 Å². The van der Waals surface area contributed by atoms with Crippen LogP contribution in [-0.2, 0) is 0 Å². The first-order valence-electron chi connectivity index (χ1n) is 6.50. The van der Waals surface area contributed by atoms with Gasteiger partial charge in [-0.1, -0.05) is 46.4 Å². The lowest BCUT2D eigenvalue weighted by Gasteiger charge is -2.19. The molecule has 98 valence electrons. The van der Waals surface area contributed by atoms with E-state index in [9.17, 15) is 5.11 Å². The van der Waals surface area contributed by atoms with E-state index in [1.54, 1.807) is 0 Å². The predicted octanol–water partition coefficient (Wildman–Crippen LogP) is 5.42. The van der Waals surface area contributed by atoms with Crippen LogP contribution in [0.4, 0.5) is 0 Å². The van der Waals surface area contributed by atoms with Crippen molar-refractivity contribution in [3.8, 4) is 0 Å². The van der Waals surface area contributed by atoms with Crippen molar-refractivity contribution >= 4 is 27.5 Å². The summed E-state index contributed by atoms with van der Waals surface area (Å²) in [4.78, 5) is 0. The first kappa shape index (κ1) is 14.1. The molecule has 0 radical (unpaired) electrons. The molecule has 18 heavy (non-hydrogen) atoms. The number of hydrogen-bond acceptors (Lipinski definition) is 1. The quantitative estimate of drug-likeness (QED) is 0.719. The molecule has 0 aliphatic heterocycles. The minimum absolute atomic E-state index is 0.531. The van der Waals surface area contributed by atoms with Crippen molar-refractivity contribution in [2.24, 2.45) is 0 Å². The molecule has 0 saturated carbocycles. The van der Waals surface area contributed by atoms with E-state index in [1.807, 2.05) is 18.2 Å². The number of rotatable bonds is 2. The smallest absolute Gasteiger partial charge is 0.101 e. The molecule has 3 heteroatoms. The van der Waals surface area contributed by atoms with Crippen molar-refractivity contribution in [1.29, 1.82) is 0 Å². The Morgan fingerprint density at radius 3 is 2.78 bits per heavy atom. The van der Waals surface area contributed by atoms with Crippen LogP contribution in [0.1, 0.15) is 50.2 Å². The Morgan fingerprint density at radius 1 is 1.17 bits per heavy atom. The average molecular weight is 330 g/mol. The Morgan fingerprint density at radius 2 is 1.94 bits per heavy atom. The van der Waals surface area contributed by atoms with Gasteiger partial charge in [-0.3, -0.25) is 0 Å². The van der Waals surface area contributed by atoms with E-state index in [4.69, 9.17) is 11.6 Å². The maximum Gasteiger partial charge on any atom is 0.101 e. The standard InChI is InChI=1S/C15H18BrClO/c16-14-9-8-12(17)10-13(14)15(18)11-6-4-2-1-3-5-7-11/h6,8-10,15,18H,1-5,7H2/b11-6+. The molecular formula is C15H18BrClO. The Hall–Kier alpha value is -0.310. The SMILES string of the molecule is OC(/C1=C/CCCCCC1)c1cc(Cl)ccc1Br. The maximum absolute atomic E-state index is 10.5. The Kier molecular flexibility index (Phi) is 5.28. The van der Waals surface area contributed by atoms with E-state index in [-0.39, 0.29) is 0 Å². The van der Waals surface area contributed by atoms with Gasteiger partial charge in [-0.2, -0.15) is 0 Å². The van der Waals surface area contributed by atoms with E-state index in [1.165, 1.54) is 25.7 Å². The number of aliphatic hydroxyl groups is 1. The minimum Gasteiger partial charge on any atom is -0.384 e. The highest BCUT2D eigenvalue weighted by Gasteiger charge is 2.17.